The summed E-state index contributed by atoms with van der Waals surface area (Å²) in [5.74, 6) is 0.0371. The molecule has 7 nitrogen and oxygen atoms in total. The molecule has 1 saturated heterocycles. The Bertz CT molecular complexity index is 946. The van der Waals surface area contributed by atoms with Gasteiger partial charge in [0.15, 0.2) is 11.5 Å². The number of piperidine rings is 1. The molecule has 1 unspecified atom stereocenters. The largest absolute Gasteiger partial charge is 0.504 e. The molecule has 1 aliphatic rings. The number of fused-ring (bicyclic) bond motifs is 1. The number of benzene rings is 1. The molecule has 4 rings (SSSR count). The van der Waals surface area contributed by atoms with Crippen LogP contribution in [-0.4, -0.2) is 56.2 Å². The van der Waals surface area contributed by atoms with Crippen LogP contribution in [-0.2, 0) is 0 Å². The number of likely N-dealkylation sites (N-methyl/N-ethyl adjacent to an activating group) is 1. The zero-order chi connectivity index (χ0) is 18.1. The van der Waals surface area contributed by atoms with Crippen LogP contribution in [0.15, 0.2) is 36.5 Å². The number of para-hydroxylation sites is 1. The summed E-state index contributed by atoms with van der Waals surface area (Å²) < 4.78 is 0. The Morgan fingerprint density at radius 3 is 2.81 bits per heavy atom. The molecule has 0 spiro atoms. The molecule has 1 aliphatic heterocycles. The van der Waals surface area contributed by atoms with Crippen molar-refractivity contribution in [1.29, 1.82) is 0 Å². The van der Waals surface area contributed by atoms with Crippen molar-refractivity contribution in [2.75, 3.05) is 25.5 Å². The number of rotatable bonds is 3. The van der Waals surface area contributed by atoms with Crippen LogP contribution in [0.4, 0.5) is 5.95 Å². The summed E-state index contributed by atoms with van der Waals surface area (Å²) in [6, 6.07) is 9.09. The maximum atomic E-state index is 10.4. The second-order valence-electron chi connectivity index (χ2n) is 6.69. The molecule has 2 aromatic heterocycles. The minimum absolute atomic E-state index is 0.187. The smallest absolute Gasteiger partial charge is 0.223 e. The van der Waals surface area contributed by atoms with E-state index in [1.165, 1.54) is 0 Å². The molecule has 1 fully saturated rings. The van der Waals surface area contributed by atoms with Crippen LogP contribution >= 0.6 is 0 Å². The number of pyridine rings is 1. The fourth-order valence-electron chi connectivity index (χ4n) is 3.39. The molecule has 3 heterocycles. The number of hydrogen-bond acceptors (Lipinski definition) is 7. The monoisotopic (exact) mass is 351 g/mol. The Hall–Kier alpha value is -2.93. The van der Waals surface area contributed by atoms with E-state index in [1.807, 2.05) is 6.07 Å². The van der Waals surface area contributed by atoms with Gasteiger partial charge >= 0.3 is 0 Å². The highest BCUT2D eigenvalue weighted by Gasteiger charge is 2.19. The van der Waals surface area contributed by atoms with E-state index in [4.69, 9.17) is 0 Å². The first-order chi connectivity index (χ1) is 12.6. The topological polar surface area (TPSA) is 94.4 Å². The highest BCUT2D eigenvalue weighted by Crippen LogP contribution is 2.39. The predicted octanol–water partition coefficient (Wildman–Crippen LogP) is 2.61. The lowest BCUT2D eigenvalue weighted by Gasteiger charge is -2.30. The molecule has 0 bridgehead atoms. The van der Waals surface area contributed by atoms with E-state index in [0.29, 0.717) is 22.5 Å². The predicted molar refractivity (Wildman–Crippen MR) is 100 cm³/mol. The first-order valence-electron chi connectivity index (χ1n) is 8.71. The number of anilines is 1. The number of aromatic nitrogens is 3. The third-order valence-corrected chi connectivity index (χ3v) is 4.70. The molecule has 3 aromatic rings. The summed E-state index contributed by atoms with van der Waals surface area (Å²) in [5.41, 5.74) is 1.30. The van der Waals surface area contributed by atoms with Gasteiger partial charge in [0.25, 0.3) is 0 Å². The second-order valence-corrected chi connectivity index (χ2v) is 6.69. The lowest BCUT2D eigenvalue weighted by atomic mass is 10.1. The second kappa shape index (κ2) is 6.76. The van der Waals surface area contributed by atoms with Gasteiger partial charge in [0, 0.05) is 24.2 Å². The number of likely N-dealkylation sites (tertiary alicyclic amines) is 1. The summed E-state index contributed by atoms with van der Waals surface area (Å²) >= 11 is 0. The van der Waals surface area contributed by atoms with Crippen LogP contribution in [0.3, 0.4) is 0 Å². The van der Waals surface area contributed by atoms with Gasteiger partial charge in [-0.2, -0.15) is 0 Å². The van der Waals surface area contributed by atoms with Crippen molar-refractivity contribution in [2.45, 2.75) is 18.9 Å². The molecule has 134 valence electrons. The van der Waals surface area contributed by atoms with E-state index in [9.17, 15) is 10.2 Å². The normalized spacial score (nSPS) is 18.1. The standard InChI is InChI=1S/C19H21N5O2/c1-24-10-4-5-12(11-24)21-19-20-9-8-15(23-19)16-18(26)17(25)13-6-2-3-7-14(13)22-16/h2-3,6-9,12,26H,4-5,10-11H2,1H3,(H,22,25)(H,20,21,23). The number of nitrogens with zero attached hydrogens (tertiary/aromatic N) is 4. The zero-order valence-corrected chi connectivity index (χ0v) is 14.6. The summed E-state index contributed by atoms with van der Waals surface area (Å²) in [4.78, 5) is 15.5. The lowest BCUT2D eigenvalue weighted by molar-refractivity contribution is 0.260. The van der Waals surface area contributed by atoms with Crippen molar-refractivity contribution in [3.63, 3.8) is 0 Å². The molecule has 1 atom stereocenters. The van der Waals surface area contributed by atoms with Crippen molar-refractivity contribution in [2.24, 2.45) is 0 Å². The summed E-state index contributed by atoms with van der Waals surface area (Å²) in [6.07, 6.45) is 3.83. The minimum Gasteiger partial charge on any atom is -0.504 e. The van der Waals surface area contributed by atoms with E-state index >= 15 is 0 Å². The molecule has 26 heavy (non-hydrogen) atoms. The number of aromatic hydroxyl groups is 2. The van der Waals surface area contributed by atoms with Crippen molar-refractivity contribution in [3.8, 4) is 22.9 Å². The average Bonchev–Trinajstić information content (AvgIpc) is 2.65. The van der Waals surface area contributed by atoms with Gasteiger partial charge in [-0.25, -0.2) is 15.0 Å². The van der Waals surface area contributed by atoms with E-state index in [2.05, 4.69) is 32.2 Å². The molecule has 0 saturated carbocycles. The van der Waals surface area contributed by atoms with Gasteiger partial charge in [-0.3, -0.25) is 0 Å². The quantitative estimate of drug-likeness (QED) is 0.668. The molecular formula is C19H21N5O2. The van der Waals surface area contributed by atoms with Crippen molar-refractivity contribution >= 4 is 16.9 Å². The first-order valence-corrected chi connectivity index (χ1v) is 8.71. The molecule has 7 heteroatoms. The molecule has 1 aromatic carbocycles. The molecule has 0 aliphatic carbocycles. The SMILES string of the molecule is CN1CCCC(Nc2nccc(-c3nc4ccccc4c(O)c3O)n2)C1. The van der Waals surface area contributed by atoms with Crippen LogP contribution in [0.25, 0.3) is 22.3 Å². The third-order valence-electron chi connectivity index (χ3n) is 4.70. The molecule has 0 radical (unpaired) electrons. The fraction of sp³-hybridized carbons (Fsp3) is 0.316. The van der Waals surface area contributed by atoms with Crippen LogP contribution in [0.5, 0.6) is 11.5 Å². The van der Waals surface area contributed by atoms with Crippen molar-refractivity contribution < 1.29 is 10.2 Å². The minimum atomic E-state index is -0.272. The fourth-order valence-corrected chi connectivity index (χ4v) is 3.39. The van der Waals surface area contributed by atoms with Gasteiger partial charge in [-0.05, 0) is 44.6 Å². The van der Waals surface area contributed by atoms with Gasteiger partial charge in [-0.1, -0.05) is 12.1 Å². The van der Waals surface area contributed by atoms with Crippen molar-refractivity contribution in [1.82, 2.24) is 19.9 Å². The summed E-state index contributed by atoms with van der Waals surface area (Å²) in [5, 5.41) is 24.6. The maximum absolute atomic E-state index is 10.4. The van der Waals surface area contributed by atoms with Gasteiger partial charge in [0.1, 0.15) is 5.69 Å². The Balaban J connectivity index is 1.68. The Morgan fingerprint density at radius 1 is 1.12 bits per heavy atom. The van der Waals surface area contributed by atoms with Gasteiger partial charge in [0.05, 0.1) is 11.2 Å². The van der Waals surface area contributed by atoms with Crippen LogP contribution in [0.1, 0.15) is 12.8 Å². The highest BCUT2D eigenvalue weighted by molar-refractivity contribution is 5.91. The zero-order valence-electron chi connectivity index (χ0n) is 14.6. The van der Waals surface area contributed by atoms with E-state index in [0.717, 1.165) is 25.9 Å². The first kappa shape index (κ1) is 16.5. The van der Waals surface area contributed by atoms with Gasteiger partial charge in [-0.15, -0.1) is 0 Å². The van der Waals surface area contributed by atoms with E-state index in [-0.39, 0.29) is 23.2 Å². The van der Waals surface area contributed by atoms with Crippen LogP contribution in [0, 0.1) is 0 Å². The lowest BCUT2D eigenvalue weighted by Crippen LogP contribution is -2.40. The van der Waals surface area contributed by atoms with Crippen LogP contribution in [0.2, 0.25) is 0 Å². The highest BCUT2D eigenvalue weighted by atomic mass is 16.3. The van der Waals surface area contributed by atoms with Crippen molar-refractivity contribution in [3.05, 3.63) is 36.5 Å². The Labute approximate surface area is 151 Å². The molecular weight excluding hydrogens is 330 g/mol. The number of nitrogens with one attached hydrogen (secondary N) is 1. The summed E-state index contributed by atoms with van der Waals surface area (Å²) in [7, 11) is 2.10. The molecule has 0 amide bonds. The maximum Gasteiger partial charge on any atom is 0.223 e. The van der Waals surface area contributed by atoms with E-state index < -0.39 is 0 Å². The Morgan fingerprint density at radius 2 is 1.96 bits per heavy atom. The molecule has 3 N–H and O–H groups in total. The van der Waals surface area contributed by atoms with E-state index in [1.54, 1.807) is 30.5 Å². The van der Waals surface area contributed by atoms with Gasteiger partial charge in [0.2, 0.25) is 5.95 Å². The number of hydrogen-bond donors (Lipinski definition) is 3. The summed E-state index contributed by atoms with van der Waals surface area (Å²) in [6.45, 7) is 2.04. The average molecular weight is 351 g/mol. The van der Waals surface area contributed by atoms with Gasteiger partial charge < -0.3 is 20.4 Å². The van der Waals surface area contributed by atoms with Crippen LogP contribution < -0.4 is 5.32 Å². The third kappa shape index (κ3) is 3.13. The Kier molecular flexibility index (Phi) is 4.30.